The van der Waals surface area contributed by atoms with Crippen LogP contribution in [0.25, 0.3) is 0 Å². The second-order valence-corrected chi connectivity index (χ2v) is 8.34. The molecule has 1 aromatic heterocycles. The van der Waals surface area contributed by atoms with Gasteiger partial charge in [0.1, 0.15) is 11.5 Å². The summed E-state index contributed by atoms with van der Waals surface area (Å²) in [4.78, 5) is 11.3. The van der Waals surface area contributed by atoms with Gasteiger partial charge in [0.2, 0.25) is 15.9 Å². The Morgan fingerprint density at radius 3 is 2.73 bits per heavy atom. The third kappa shape index (κ3) is 3.81. The molecule has 1 unspecified atom stereocenters. The first-order valence-corrected chi connectivity index (χ1v) is 10.2. The SMILES string of the molecule is CCCc1cc(C2CCCN2S(=O)(=O)c2ccc(NC(C)=O)cc2)no1. The molecule has 0 aliphatic carbocycles. The first-order valence-electron chi connectivity index (χ1n) is 8.77. The van der Waals surface area contributed by atoms with Crippen LogP contribution in [0.5, 0.6) is 0 Å². The molecule has 0 bridgehead atoms. The van der Waals surface area contributed by atoms with E-state index in [2.05, 4.69) is 17.4 Å². The van der Waals surface area contributed by atoms with Crippen molar-refractivity contribution in [3.63, 3.8) is 0 Å². The Morgan fingerprint density at radius 1 is 1.35 bits per heavy atom. The number of hydrogen-bond acceptors (Lipinski definition) is 5. The Kier molecular flexibility index (Phi) is 5.43. The van der Waals surface area contributed by atoms with Crippen LogP contribution in [0.3, 0.4) is 0 Å². The molecule has 1 aliphatic rings. The number of aromatic nitrogens is 1. The highest BCUT2D eigenvalue weighted by Crippen LogP contribution is 2.36. The molecule has 3 rings (SSSR count). The van der Waals surface area contributed by atoms with Gasteiger partial charge in [-0.15, -0.1) is 0 Å². The first kappa shape index (κ1) is 18.6. The summed E-state index contributed by atoms with van der Waals surface area (Å²) in [6, 6.07) is 7.78. The molecule has 26 heavy (non-hydrogen) atoms. The van der Waals surface area contributed by atoms with Gasteiger partial charge in [0.25, 0.3) is 0 Å². The van der Waals surface area contributed by atoms with Crippen molar-refractivity contribution >= 4 is 21.6 Å². The fourth-order valence-corrected chi connectivity index (χ4v) is 4.89. The third-order valence-electron chi connectivity index (χ3n) is 4.40. The molecule has 1 aromatic carbocycles. The van der Waals surface area contributed by atoms with Crippen LogP contribution in [0, 0.1) is 0 Å². The van der Waals surface area contributed by atoms with Crippen molar-refractivity contribution < 1.29 is 17.7 Å². The van der Waals surface area contributed by atoms with Crippen LogP contribution in [-0.2, 0) is 21.2 Å². The molecule has 1 saturated heterocycles. The number of amides is 1. The van der Waals surface area contributed by atoms with Crippen molar-refractivity contribution in [1.82, 2.24) is 9.46 Å². The predicted molar refractivity (Wildman–Crippen MR) is 97.1 cm³/mol. The number of aryl methyl sites for hydroxylation is 1. The highest BCUT2D eigenvalue weighted by Gasteiger charge is 2.37. The maximum atomic E-state index is 13.1. The lowest BCUT2D eigenvalue weighted by molar-refractivity contribution is -0.114. The number of carbonyl (C=O) groups excluding carboxylic acids is 1. The van der Waals surface area contributed by atoms with Gasteiger partial charge in [-0.1, -0.05) is 12.1 Å². The number of carbonyl (C=O) groups is 1. The van der Waals surface area contributed by atoms with E-state index in [4.69, 9.17) is 4.52 Å². The van der Waals surface area contributed by atoms with Crippen molar-refractivity contribution in [2.75, 3.05) is 11.9 Å². The topological polar surface area (TPSA) is 92.5 Å². The average Bonchev–Trinajstić information content (AvgIpc) is 3.24. The number of rotatable bonds is 6. The normalized spacial score (nSPS) is 18.2. The zero-order valence-electron chi connectivity index (χ0n) is 14.9. The van der Waals surface area contributed by atoms with Crippen molar-refractivity contribution in [1.29, 1.82) is 0 Å². The summed E-state index contributed by atoms with van der Waals surface area (Å²) in [7, 11) is -3.65. The summed E-state index contributed by atoms with van der Waals surface area (Å²) in [5, 5.41) is 6.72. The van der Waals surface area contributed by atoms with E-state index < -0.39 is 10.0 Å². The van der Waals surface area contributed by atoms with Crippen LogP contribution in [0.1, 0.15) is 50.6 Å². The van der Waals surface area contributed by atoms with E-state index in [0.29, 0.717) is 17.9 Å². The standard InChI is InChI=1S/C18H23N3O4S/c1-3-5-15-12-17(20-25-15)18-6-4-11-21(18)26(23,24)16-9-7-14(8-10-16)19-13(2)22/h7-10,12,18H,3-6,11H2,1-2H3,(H,19,22). The van der Waals surface area contributed by atoms with Crippen LogP contribution >= 0.6 is 0 Å². The Bertz CT molecular complexity index is 874. The average molecular weight is 377 g/mol. The van der Waals surface area contributed by atoms with Gasteiger partial charge in [-0.05, 0) is 43.5 Å². The van der Waals surface area contributed by atoms with E-state index >= 15 is 0 Å². The minimum Gasteiger partial charge on any atom is -0.361 e. The van der Waals surface area contributed by atoms with Gasteiger partial charge in [-0.3, -0.25) is 4.79 Å². The van der Waals surface area contributed by atoms with Gasteiger partial charge < -0.3 is 9.84 Å². The molecule has 0 radical (unpaired) electrons. The summed E-state index contributed by atoms with van der Waals surface area (Å²) in [5.41, 5.74) is 1.24. The van der Waals surface area contributed by atoms with E-state index in [1.807, 2.05) is 6.07 Å². The number of benzene rings is 1. The largest absolute Gasteiger partial charge is 0.361 e. The van der Waals surface area contributed by atoms with Crippen molar-refractivity contribution in [3.8, 4) is 0 Å². The number of sulfonamides is 1. The quantitative estimate of drug-likeness (QED) is 0.835. The minimum absolute atomic E-state index is 0.200. The maximum absolute atomic E-state index is 13.1. The predicted octanol–water partition coefficient (Wildman–Crippen LogP) is 3.11. The zero-order valence-corrected chi connectivity index (χ0v) is 15.8. The van der Waals surface area contributed by atoms with Gasteiger partial charge in [-0.2, -0.15) is 4.31 Å². The van der Waals surface area contributed by atoms with Crippen LogP contribution in [0.15, 0.2) is 39.8 Å². The highest BCUT2D eigenvalue weighted by atomic mass is 32.2. The third-order valence-corrected chi connectivity index (χ3v) is 6.32. The lowest BCUT2D eigenvalue weighted by Gasteiger charge is -2.22. The Hall–Kier alpha value is -2.19. The summed E-state index contributed by atoms with van der Waals surface area (Å²) >= 11 is 0. The van der Waals surface area contributed by atoms with Gasteiger partial charge in [0.15, 0.2) is 0 Å². The molecule has 1 amide bonds. The summed E-state index contributed by atoms with van der Waals surface area (Å²) in [6.07, 6.45) is 3.24. The van der Waals surface area contributed by atoms with Crippen LogP contribution < -0.4 is 5.32 Å². The number of nitrogens with one attached hydrogen (secondary N) is 1. The fourth-order valence-electron chi connectivity index (χ4n) is 3.22. The zero-order chi connectivity index (χ0) is 18.7. The molecule has 1 atom stereocenters. The molecule has 0 saturated carbocycles. The monoisotopic (exact) mass is 377 g/mol. The second kappa shape index (κ2) is 7.59. The molecule has 140 valence electrons. The van der Waals surface area contributed by atoms with E-state index in [1.54, 1.807) is 12.1 Å². The van der Waals surface area contributed by atoms with E-state index in [0.717, 1.165) is 31.4 Å². The summed E-state index contributed by atoms with van der Waals surface area (Å²) in [5.74, 6) is 0.584. The van der Waals surface area contributed by atoms with E-state index in [-0.39, 0.29) is 16.8 Å². The van der Waals surface area contributed by atoms with E-state index in [9.17, 15) is 13.2 Å². The Morgan fingerprint density at radius 2 is 2.08 bits per heavy atom. The second-order valence-electron chi connectivity index (χ2n) is 6.45. The summed E-state index contributed by atoms with van der Waals surface area (Å²) in [6.45, 7) is 3.92. The molecular weight excluding hydrogens is 354 g/mol. The highest BCUT2D eigenvalue weighted by molar-refractivity contribution is 7.89. The van der Waals surface area contributed by atoms with E-state index in [1.165, 1.54) is 23.4 Å². The molecule has 0 spiro atoms. The molecule has 8 heteroatoms. The Labute approximate surface area is 153 Å². The molecular formula is C18H23N3O4S. The smallest absolute Gasteiger partial charge is 0.243 e. The van der Waals surface area contributed by atoms with Crippen LogP contribution in [0.2, 0.25) is 0 Å². The molecule has 2 heterocycles. The molecule has 2 aromatic rings. The van der Waals surface area contributed by atoms with Gasteiger partial charge >= 0.3 is 0 Å². The van der Waals surface area contributed by atoms with Gasteiger partial charge in [-0.25, -0.2) is 8.42 Å². The fraction of sp³-hybridized carbons (Fsp3) is 0.444. The molecule has 1 N–H and O–H groups in total. The maximum Gasteiger partial charge on any atom is 0.243 e. The van der Waals surface area contributed by atoms with Crippen LogP contribution in [-0.4, -0.2) is 30.3 Å². The van der Waals surface area contributed by atoms with Crippen molar-refractivity contribution in [2.45, 2.75) is 50.5 Å². The number of nitrogens with zero attached hydrogens (tertiary/aromatic N) is 2. The minimum atomic E-state index is -3.65. The molecule has 1 fully saturated rings. The number of hydrogen-bond donors (Lipinski definition) is 1. The van der Waals surface area contributed by atoms with Gasteiger partial charge in [0, 0.05) is 31.6 Å². The summed E-state index contributed by atoms with van der Waals surface area (Å²) < 4.78 is 32.9. The van der Waals surface area contributed by atoms with Crippen molar-refractivity contribution in [2.24, 2.45) is 0 Å². The lowest BCUT2D eigenvalue weighted by Crippen LogP contribution is -2.30. The molecule has 1 aliphatic heterocycles. The van der Waals surface area contributed by atoms with Crippen molar-refractivity contribution in [3.05, 3.63) is 41.8 Å². The van der Waals surface area contributed by atoms with Crippen LogP contribution in [0.4, 0.5) is 5.69 Å². The Balaban J connectivity index is 1.83. The first-order chi connectivity index (χ1) is 12.4. The lowest BCUT2D eigenvalue weighted by atomic mass is 10.1. The number of anilines is 1. The van der Waals surface area contributed by atoms with Gasteiger partial charge in [0.05, 0.1) is 10.9 Å². The molecule has 7 nitrogen and oxygen atoms in total.